The highest BCUT2D eigenvalue weighted by Crippen LogP contribution is 2.33. The molecule has 0 saturated carbocycles. The van der Waals surface area contributed by atoms with Crippen molar-refractivity contribution < 1.29 is 8.42 Å². The highest BCUT2D eigenvalue weighted by atomic mass is 35.5. The zero-order chi connectivity index (χ0) is 22.7. The minimum atomic E-state index is -3.54. The van der Waals surface area contributed by atoms with Crippen LogP contribution in [0.5, 0.6) is 0 Å². The van der Waals surface area contributed by atoms with E-state index in [1.807, 2.05) is 44.2 Å². The number of aromatic nitrogens is 2. The molecule has 0 bridgehead atoms. The molecular weight excluding hydrogens is 515 g/mol. The quantitative estimate of drug-likeness (QED) is 0.489. The fraction of sp³-hybridized carbons (Fsp3) is 0.391. The Morgan fingerprint density at radius 2 is 1.82 bits per heavy atom. The van der Waals surface area contributed by atoms with Crippen molar-refractivity contribution >= 4 is 46.2 Å². The molecule has 186 valence electrons. The van der Waals surface area contributed by atoms with Gasteiger partial charge in [0.05, 0.1) is 0 Å². The monoisotopic (exact) mass is 544 g/mol. The molecule has 0 atom stereocenters. The second kappa shape index (κ2) is 12.3. The van der Waals surface area contributed by atoms with Crippen molar-refractivity contribution in [3.8, 4) is 10.4 Å². The second-order valence-corrected chi connectivity index (χ2v) is 11.2. The van der Waals surface area contributed by atoms with Crippen LogP contribution in [-0.4, -0.2) is 60.3 Å². The number of pyridine rings is 2. The maximum Gasteiger partial charge on any atom is 0.252 e. The van der Waals surface area contributed by atoms with E-state index in [0.29, 0.717) is 42.4 Å². The standard InChI is InChI=1S/C23H28N4O3S2.2ClH/c1-3-18-16-20(17(2)25-23(18)28)21-7-8-22(31-21)32(29,30)27-14-12-26(13-15-27)11-9-19-6-4-5-10-24-19;;/h4-8,10,16H,3,9,11-15H2,1-2H3,(H,25,28);2*1H. The maximum atomic E-state index is 13.2. The molecule has 4 rings (SSSR count). The number of thiophene rings is 1. The molecule has 0 aromatic carbocycles. The van der Waals surface area contributed by atoms with E-state index in [-0.39, 0.29) is 30.4 Å². The van der Waals surface area contributed by atoms with E-state index in [1.165, 1.54) is 11.3 Å². The summed E-state index contributed by atoms with van der Waals surface area (Å²) in [5.41, 5.74) is 3.30. The first kappa shape index (κ1) is 28.5. The summed E-state index contributed by atoms with van der Waals surface area (Å²) in [6.07, 6.45) is 3.29. The molecule has 0 unspecified atom stereocenters. The van der Waals surface area contributed by atoms with Crippen molar-refractivity contribution in [2.75, 3.05) is 32.7 Å². The lowest BCUT2D eigenvalue weighted by atomic mass is 10.1. The number of halogens is 2. The molecule has 3 aromatic heterocycles. The van der Waals surface area contributed by atoms with Crippen LogP contribution < -0.4 is 5.56 Å². The Hall–Kier alpha value is -1.75. The van der Waals surface area contributed by atoms with E-state index < -0.39 is 10.0 Å². The SMILES string of the molecule is CCc1cc(-c2ccc(S(=O)(=O)N3CCN(CCc4ccccn4)CC3)s2)c(C)[nH]c1=O.Cl.Cl. The summed E-state index contributed by atoms with van der Waals surface area (Å²) in [6, 6.07) is 11.3. The number of H-pyrrole nitrogens is 1. The first-order chi connectivity index (χ1) is 15.4. The lowest BCUT2D eigenvalue weighted by Crippen LogP contribution is -2.48. The molecule has 0 radical (unpaired) electrons. The predicted octanol–water partition coefficient (Wildman–Crippen LogP) is 3.76. The number of sulfonamides is 1. The third-order valence-electron chi connectivity index (χ3n) is 5.88. The van der Waals surface area contributed by atoms with Gasteiger partial charge in [-0.05, 0) is 43.7 Å². The van der Waals surface area contributed by atoms with Gasteiger partial charge in [0.25, 0.3) is 15.6 Å². The lowest BCUT2D eigenvalue weighted by molar-refractivity contribution is 0.190. The smallest absolute Gasteiger partial charge is 0.252 e. The fourth-order valence-electron chi connectivity index (χ4n) is 3.93. The molecule has 1 saturated heterocycles. The number of aryl methyl sites for hydroxylation is 2. The summed E-state index contributed by atoms with van der Waals surface area (Å²) in [5.74, 6) is 0. The van der Waals surface area contributed by atoms with E-state index >= 15 is 0 Å². The highest BCUT2D eigenvalue weighted by Gasteiger charge is 2.30. The zero-order valence-electron chi connectivity index (χ0n) is 19.2. The fourth-order valence-corrected chi connectivity index (χ4v) is 6.88. The molecule has 4 heterocycles. The van der Waals surface area contributed by atoms with E-state index in [4.69, 9.17) is 0 Å². The third-order valence-corrected chi connectivity index (χ3v) is 9.36. The van der Waals surface area contributed by atoms with Crippen LogP contribution >= 0.6 is 36.2 Å². The van der Waals surface area contributed by atoms with Crippen LogP contribution in [0.15, 0.2) is 51.6 Å². The minimum Gasteiger partial charge on any atom is -0.326 e. The number of aromatic amines is 1. The minimum absolute atomic E-state index is 0. The normalized spacial score (nSPS) is 14.9. The van der Waals surface area contributed by atoms with Gasteiger partial charge in [-0.2, -0.15) is 4.31 Å². The van der Waals surface area contributed by atoms with Crippen LogP contribution in [0.4, 0.5) is 0 Å². The molecule has 1 fully saturated rings. The summed E-state index contributed by atoms with van der Waals surface area (Å²) in [6.45, 7) is 7.04. The molecule has 3 aromatic rings. The van der Waals surface area contributed by atoms with Crippen molar-refractivity contribution in [1.29, 1.82) is 0 Å². The topological polar surface area (TPSA) is 86.4 Å². The van der Waals surface area contributed by atoms with Crippen molar-refractivity contribution in [2.24, 2.45) is 0 Å². The zero-order valence-corrected chi connectivity index (χ0v) is 22.5. The molecule has 0 aliphatic carbocycles. The van der Waals surface area contributed by atoms with E-state index in [2.05, 4.69) is 14.9 Å². The van der Waals surface area contributed by atoms with Gasteiger partial charge < -0.3 is 9.88 Å². The average molecular weight is 546 g/mol. The summed E-state index contributed by atoms with van der Waals surface area (Å²) in [7, 11) is -3.54. The second-order valence-electron chi connectivity index (χ2n) is 7.95. The Labute approximate surface area is 217 Å². The molecule has 1 aliphatic heterocycles. The van der Waals surface area contributed by atoms with Crippen LogP contribution in [-0.2, 0) is 22.9 Å². The van der Waals surface area contributed by atoms with Crippen molar-refractivity contribution in [1.82, 2.24) is 19.2 Å². The van der Waals surface area contributed by atoms with Gasteiger partial charge in [0.15, 0.2) is 0 Å². The van der Waals surface area contributed by atoms with E-state index in [9.17, 15) is 13.2 Å². The van der Waals surface area contributed by atoms with E-state index in [1.54, 1.807) is 16.6 Å². The summed E-state index contributed by atoms with van der Waals surface area (Å²) in [4.78, 5) is 22.4. The average Bonchev–Trinajstić information content (AvgIpc) is 3.30. The van der Waals surface area contributed by atoms with E-state index in [0.717, 1.165) is 34.8 Å². The number of nitrogens with zero attached hydrogens (tertiary/aromatic N) is 3. The van der Waals surface area contributed by atoms with Crippen LogP contribution in [0.3, 0.4) is 0 Å². The first-order valence-corrected chi connectivity index (χ1v) is 13.1. The number of nitrogens with one attached hydrogen (secondary N) is 1. The van der Waals surface area contributed by atoms with Crippen LogP contribution in [0.2, 0.25) is 0 Å². The maximum absolute atomic E-state index is 13.2. The molecule has 7 nitrogen and oxygen atoms in total. The Kier molecular flexibility index (Phi) is 10.3. The molecule has 1 N–H and O–H groups in total. The van der Waals surface area contributed by atoms with Gasteiger partial charge in [-0.25, -0.2) is 8.42 Å². The summed E-state index contributed by atoms with van der Waals surface area (Å²) < 4.78 is 28.4. The summed E-state index contributed by atoms with van der Waals surface area (Å²) in [5, 5.41) is 0. The van der Waals surface area contributed by atoms with Crippen LogP contribution in [0, 0.1) is 6.92 Å². The molecule has 0 spiro atoms. The van der Waals surface area contributed by atoms with Gasteiger partial charge >= 0.3 is 0 Å². The van der Waals surface area contributed by atoms with Crippen molar-refractivity contribution in [2.45, 2.75) is 30.9 Å². The molecule has 1 aliphatic rings. The Morgan fingerprint density at radius 1 is 1.09 bits per heavy atom. The van der Waals surface area contributed by atoms with Crippen molar-refractivity contribution in [3.63, 3.8) is 0 Å². The summed E-state index contributed by atoms with van der Waals surface area (Å²) >= 11 is 1.26. The first-order valence-electron chi connectivity index (χ1n) is 10.8. The predicted molar refractivity (Wildman–Crippen MR) is 142 cm³/mol. The van der Waals surface area contributed by atoms with Gasteiger partial charge in [-0.15, -0.1) is 36.2 Å². The van der Waals surface area contributed by atoms with Crippen LogP contribution in [0.25, 0.3) is 10.4 Å². The number of hydrogen-bond acceptors (Lipinski definition) is 6. The lowest BCUT2D eigenvalue weighted by Gasteiger charge is -2.33. The molecule has 11 heteroatoms. The van der Waals surface area contributed by atoms with Gasteiger partial charge in [0, 0.05) is 72.7 Å². The highest BCUT2D eigenvalue weighted by molar-refractivity contribution is 7.91. The van der Waals surface area contributed by atoms with Gasteiger partial charge in [-0.1, -0.05) is 13.0 Å². The Bertz CT molecular complexity index is 1240. The van der Waals surface area contributed by atoms with Crippen molar-refractivity contribution in [3.05, 3.63) is 69.9 Å². The van der Waals surface area contributed by atoms with Crippen LogP contribution in [0.1, 0.15) is 23.9 Å². The number of rotatable bonds is 7. The number of hydrogen-bond donors (Lipinski definition) is 1. The third kappa shape index (κ3) is 6.27. The van der Waals surface area contributed by atoms with Gasteiger partial charge in [-0.3, -0.25) is 9.78 Å². The molecule has 34 heavy (non-hydrogen) atoms. The Balaban J connectivity index is 0.00000204. The molecular formula is C23H30Cl2N4O3S2. The van der Waals surface area contributed by atoms with Gasteiger partial charge in [0.1, 0.15) is 4.21 Å². The largest absolute Gasteiger partial charge is 0.326 e. The number of piperazine rings is 1. The Morgan fingerprint density at radius 3 is 2.47 bits per heavy atom. The molecule has 0 amide bonds. The van der Waals surface area contributed by atoms with Gasteiger partial charge in [0.2, 0.25) is 0 Å².